The van der Waals surface area contributed by atoms with Crippen molar-refractivity contribution in [2.24, 2.45) is 5.73 Å². The van der Waals surface area contributed by atoms with Gasteiger partial charge in [-0.3, -0.25) is 0 Å². The first-order valence-corrected chi connectivity index (χ1v) is 5.71. The third-order valence-electron chi connectivity index (χ3n) is 2.89. The molecule has 4 nitrogen and oxygen atoms in total. The molecule has 17 heavy (non-hydrogen) atoms. The number of fused-ring (bicyclic) bond motifs is 1. The lowest BCUT2D eigenvalue weighted by atomic mass is 10.1. The number of nitrogens with zero attached hydrogens (tertiary/aromatic N) is 1. The summed E-state index contributed by atoms with van der Waals surface area (Å²) in [6.45, 7) is 2.62. The minimum absolute atomic E-state index is 0.179. The number of benzene rings is 1. The Balaban J connectivity index is 1.97. The van der Waals surface area contributed by atoms with E-state index in [0.717, 1.165) is 30.1 Å². The SMILES string of the molecule is CC(N)c1ncc(-c2ccc3c(c2)CCO3)o1. The molecule has 0 bridgehead atoms. The van der Waals surface area contributed by atoms with E-state index in [1.807, 2.05) is 19.1 Å². The van der Waals surface area contributed by atoms with Gasteiger partial charge in [0.2, 0.25) is 5.89 Å². The molecule has 0 radical (unpaired) electrons. The van der Waals surface area contributed by atoms with E-state index in [1.165, 1.54) is 5.56 Å². The fourth-order valence-corrected chi connectivity index (χ4v) is 1.97. The molecule has 1 aliphatic heterocycles. The van der Waals surface area contributed by atoms with Crippen molar-refractivity contribution in [3.05, 3.63) is 35.9 Å². The first kappa shape index (κ1) is 10.4. The molecule has 0 amide bonds. The molecule has 4 heteroatoms. The molecular weight excluding hydrogens is 216 g/mol. The van der Waals surface area contributed by atoms with Gasteiger partial charge in [-0.2, -0.15) is 0 Å². The summed E-state index contributed by atoms with van der Waals surface area (Å²) in [5, 5.41) is 0. The summed E-state index contributed by atoms with van der Waals surface area (Å²) in [7, 11) is 0. The molecule has 0 aliphatic carbocycles. The van der Waals surface area contributed by atoms with Gasteiger partial charge < -0.3 is 14.9 Å². The first-order valence-electron chi connectivity index (χ1n) is 5.71. The Kier molecular flexibility index (Phi) is 2.37. The monoisotopic (exact) mass is 230 g/mol. The maximum Gasteiger partial charge on any atom is 0.211 e. The summed E-state index contributed by atoms with van der Waals surface area (Å²) < 4.78 is 11.1. The molecule has 0 saturated carbocycles. The lowest BCUT2D eigenvalue weighted by molar-refractivity contribution is 0.357. The van der Waals surface area contributed by atoms with Gasteiger partial charge in [-0.25, -0.2) is 4.98 Å². The second-order valence-corrected chi connectivity index (χ2v) is 4.27. The van der Waals surface area contributed by atoms with E-state index in [0.29, 0.717) is 5.89 Å². The summed E-state index contributed by atoms with van der Waals surface area (Å²) in [6, 6.07) is 5.87. The van der Waals surface area contributed by atoms with Crippen molar-refractivity contribution in [2.45, 2.75) is 19.4 Å². The lowest BCUT2D eigenvalue weighted by Crippen LogP contribution is -2.04. The molecule has 2 N–H and O–H groups in total. The van der Waals surface area contributed by atoms with Crippen LogP contribution in [0.2, 0.25) is 0 Å². The number of ether oxygens (including phenoxy) is 1. The Morgan fingerprint density at radius 3 is 3.06 bits per heavy atom. The van der Waals surface area contributed by atoms with E-state index < -0.39 is 0 Å². The Morgan fingerprint density at radius 2 is 2.29 bits per heavy atom. The molecule has 0 saturated heterocycles. The molecule has 1 aromatic carbocycles. The standard InChI is InChI=1S/C13H14N2O2/c1-8(14)13-15-7-12(17-13)9-2-3-11-10(6-9)4-5-16-11/h2-3,6-8H,4-5,14H2,1H3. The van der Waals surface area contributed by atoms with Crippen molar-refractivity contribution in [2.75, 3.05) is 6.61 Å². The predicted molar refractivity (Wildman–Crippen MR) is 63.7 cm³/mol. The van der Waals surface area contributed by atoms with Crippen LogP contribution in [-0.2, 0) is 6.42 Å². The van der Waals surface area contributed by atoms with Crippen LogP contribution >= 0.6 is 0 Å². The number of aromatic nitrogens is 1. The van der Waals surface area contributed by atoms with E-state index >= 15 is 0 Å². The van der Waals surface area contributed by atoms with Gasteiger partial charge in [0.15, 0.2) is 5.76 Å². The quantitative estimate of drug-likeness (QED) is 0.859. The predicted octanol–water partition coefficient (Wildman–Crippen LogP) is 2.30. The van der Waals surface area contributed by atoms with Crippen LogP contribution in [0.25, 0.3) is 11.3 Å². The highest BCUT2D eigenvalue weighted by Gasteiger charge is 2.15. The Hall–Kier alpha value is -1.81. The molecule has 0 fully saturated rings. The molecule has 2 aromatic rings. The van der Waals surface area contributed by atoms with Crippen LogP contribution in [0.15, 0.2) is 28.8 Å². The topological polar surface area (TPSA) is 61.3 Å². The maximum absolute atomic E-state index is 5.72. The fourth-order valence-electron chi connectivity index (χ4n) is 1.97. The molecule has 1 aromatic heterocycles. The van der Waals surface area contributed by atoms with Crippen LogP contribution < -0.4 is 10.5 Å². The summed E-state index contributed by atoms with van der Waals surface area (Å²) in [4.78, 5) is 4.16. The van der Waals surface area contributed by atoms with Crippen LogP contribution in [0, 0.1) is 0 Å². The van der Waals surface area contributed by atoms with Gasteiger partial charge in [0.25, 0.3) is 0 Å². The van der Waals surface area contributed by atoms with Crippen LogP contribution in [0.5, 0.6) is 5.75 Å². The maximum atomic E-state index is 5.72. The number of oxazole rings is 1. The zero-order valence-electron chi connectivity index (χ0n) is 9.64. The van der Waals surface area contributed by atoms with Crippen LogP contribution in [0.1, 0.15) is 24.4 Å². The first-order chi connectivity index (χ1) is 8.24. The Morgan fingerprint density at radius 1 is 1.41 bits per heavy atom. The molecule has 3 rings (SSSR count). The number of nitrogens with two attached hydrogens (primary N) is 1. The van der Waals surface area contributed by atoms with Crippen LogP contribution in [0.4, 0.5) is 0 Å². The minimum Gasteiger partial charge on any atom is -0.493 e. The number of rotatable bonds is 2. The summed E-state index contributed by atoms with van der Waals surface area (Å²) in [5.74, 6) is 2.30. The lowest BCUT2D eigenvalue weighted by Gasteiger charge is -2.01. The van der Waals surface area contributed by atoms with Gasteiger partial charge in [0.05, 0.1) is 18.8 Å². The molecule has 1 unspecified atom stereocenters. The van der Waals surface area contributed by atoms with Crippen LogP contribution in [-0.4, -0.2) is 11.6 Å². The van der Waals surface area contributed by atoms with E-state index in [9.17, 15) is 0 Å². The van der Waals surface area contributed by atoms with Gasteiger partial charge in [0.1, 0.15) is 5.75 Å². The van der Waals surface area contributed by atoms with E-state index in [1.54, 1.807) is 6.20 Å². The van der Waals surface area contributed by atoms with Gasteiger partial charge in [-0.1, -0.05) is 0 Å². The summed E-state index contributed by atoms with van der Waals surface area (Å²) in [6.07, 6.45) is 2.67. The van der Waals surface area contributed by atoms with Crippen molar-refractivity contribution in [3.8, 4) is 17.1 Å². The van der Waals surface area contributed by atoms with Crippen molar-refractivity contribution in [1.82, 2.24) is 4.98 Å². The van der Waals surface area contributed by atoms with Crippen molar-refractivity contribution >= 4 is 0 Å². The largest absolute Gasteiger partial charge is 0.493 e. The highest BCUT2D eigenvalue weighted by atomic mass is 16.5. The second kappa shape index (κ2) is 3.89. The Bertz CT molecular complexity index is 546. The van der Waals surface area contributed by atoms with Gasteiger partial charge in [0, 0.05) is 12.0 Å². The molecule has 0 spiro atoms. The normalized spacial score (nSPS) is 15.4. The molecule has 1 atom stereocenters. The average Bonchev–Trinajstić information content (AvgIpc) is 2.97. The number of hydrogen-bond donors (Lipinski definition) is 1. The van der Waals surface area contributed by atoms with Crippen molar-refractivity contribution < 1.29 is 9.15 Å². The highest BCUT2D eigenvalue weighted by Crippen LogP contribution is 2.31. The molecule has 88 valence electrons. The smallest absolute Gasteiger partial charge is 0.211 e. The van der Waals surface area contributed by atoms with Crippen LogP contribution in [0.3, 0.4) is 0 Å². The van der Waals surface area contributed by atoms with Crippen molar-refractivity contribution in [1.29, 1.82) is 0 Å². The van der Waals surface area contributed by atoms with Gasteiger partial charge in [-0.05, 0) is 30.7 Å². The molecule has 2 heterocycles. The summed E-state index contributed by atoms with van der Waals surface area (Å²) in [5.41, 5.74) is 7.96. The highest BCUT2D eigenvalue weighted by molar-refractivity contribution is 5.60. The van der Waals surface area contributed by atoms with E-state index in [4.69, 9.17) is 14.9 Å². The summed E-state index contributed by atoms with van der Waals surface area (Å²) >= 11 is 0. The van der Waals surface area contributed by atoms with Gasteiger partial charge >= 0.3 is 0 Å². The third-order valence-corrected chi connectivity index (χ3v) is 2.89. The zero-order valence-corrected chi connectivity index (χ0v) is 9.64. The number of hydrogen-bond acceptors (Lipinski definition) is 4. The van der Waals surface area contributed by atoms with Crippen molar-refractivity contribution in [3.63, 3.8) is 0 Å². The average molecular weight is 230 g/mol. The van der Waals surface area contributed by atoms with E-state index in [2.05, 4.69) is 11.1 Å². The zero-order chi connectivity index (χ0) is 11.8. The second-order valence-electron chi connectivity index (χ2n) is 4.27. The minimum atomic E-state index is -0.179. The Labute approximate surface area is 99.4 Å². The molecular formula is C13H14N2O2. The van der Waals surface area contributed by atoms with E-state index in [-0.39, 0.29) is 6.04 Å². The fraction of sp³-hybridized carbons (Fsp3) is 0.308. The molecule has 1 aliphatic rings. The van der Waals surface area contributed by atoms with Gasteiger partial charge in [-0.15, -0.1) is 0 Å². The third kappa shape index (κ3) is 1.80.